The molecule has 1 heterocycles. The molecule has 0 aliphatic carbocycles. The number of methoxy groups -OCH3 is 1. The highest BCUT2D eigenvalue weighted by molar-refractivity contribution is 5.78. The minimum absolute atomic E-state index is 0.0895. The fourth-order valence-corrected chi connectivity index (χ4v) is 3.14. The Balaban J connectivity index is 1.95. The number of hydrogen-bond donors (Lipinski definition) is 1. The lowest BCUT2D eigenvalue weighted by Crippen LogP contribution is -2.53. The van der Waals surface area contributed by atoms with Crippen LogP contribution in [0.5, 0.6) is 5.75 Å². The number of rotatable bonds is 5. The maximum absolute atomic E-state index is 12.2. The topological polar surface area (TPSA) is 83.6 Å². The molecule has 1 atom stereocenters. The number of piperazine rings is 1. The van der Waals surface area contributed by atoms with E-state index in [1.807, 2.05) is 58.0 Å². The first-order valence-electron chi connectivity index (χ1n) is 9.94. The van der Waals surface area contributed by atoms with Gasteiger partial charge in [0.2, 0.25) is 0 Å². The van der Waals surface area contributed by atoms with E-state index in [0.717, 1.165) is 11.3 Å². The summed E-state index contributed by atoms with van der Waals surface area (Å²) in [7, 11) is 5.71. The molecule has 1 saturated heterocycles. The summed E-state index contributed by atoms with van der Waals surface area (Å²) in [5.41, 5.74) is 6.89. The monoisotopic (exact) mass is 405 g/mol. The van der Waals surface area contributed by atoms with Crippen LogP contribution in [0, 0.1) is 0 Å². The van der Waals surface area contributed by atoms with E-state index in [1.165, 1.54) is 0 Å². The molecule has 1 amide bonds. The van der Waals surface area contributed by atoms with E-state index in [4.69, 9.17) is 15.2 Å². The molecule has 1 aromatic carbocycles. The van der Waals surface area contributed by atoms with Crippen LogP contribution in [0.2, 0.25) is 0 Å². The van der Waals surface area contributed by atoms with Crippen LogP contribution in [0.4, 0.5) is 4.79 Å². The number of aliphatic imine (C=N–C) groups is 1. The molecule has 162 valence electrons. The first-order valence-corrected chi connectivity index (χ1v) is 9.94. The summed E-state index contributed by atoms with van der Waals surface area (Å²) in [4.78, 5) is 22.7. The highest BCUT2D eigenvalue weighted by Gasteiger charge is 2.26. The number of carbonyl (C=O) groups is 1. The summed E-state index contributed by atoms with van der Waals surface area (Å²) in [6.07, 6.45) is -0.279. The number of benzene rings is 1. The highest BCUT2D eigenvalue weighted by Crippen LogP contribution is 2.23. The van der Waals surface area contributed by atoms with Crippen LogP contribution in [0.3, 0.4) is 0 Å². The maximum atomic E-state index is 12.2. The van der Waals surface area contributed by atoms with Gasteiger partial charge in [-0.3, -0.25) is 4.99 Å². The second-order valence-electron chi connectivity index (χ2n) is 8.41. The van der Waals surface area contributed by atoms with Crippen molar-refractivity contribution in [2.75, 3.05) is 53.9 Å². The van der Waals surface area contributed by atoms with Gasteiger partial charge in [0.05, 0.1) is 19.7 Å². The Morgan fingerprint density at radius 3 is 2.38 bits per heavy atom. The fraction of sp³-hybridized carbons (Fsp3) is 0.619. The molecule has 8 heteroatoms. The van der Waals surface area contributed by atoms with Gasteiger partial charge in [-0.05, 0) is 52.6 Å². The van der Waals surface area contributed by atoms with Gasteiger partial charge in [-0.1, -0.05) is 12.1 Å². The molecule has 0 radical (unpaired) electrons. The lowest BCUT2D eigenvalue weighted by Gasteiger charge is -2.36. The Hall–Kier alpha value is -2.48. The number of carbonyl (C=O) groups excluding carboxylic acids is 1. The van der Waals surface area contributed by atoms with Gasteiger partial charge in [-0.15, -0.1) is 0 Å². The Kier molecular flexibility index (Phi) is 7.73. The number of guanidine groups is 1. The van der Waals surface area contributed by atoms with Gasteiger partial charge in [-0.25, -0.2) is 4.79 Å². The van der Waals surface area contributed by atoms with Crippen molar-refractivity contribution < 1.29 is 14.3 Å². The molecule has 1 fully saturated rings. The smallest absolute Gasteiger partial charge is 0.410 e. The van der Waals surface area contributed by atoms with E-state index in [1.54, 1.807) is 12.0 Å². The molecule has 0 saturated carbocycles. The summed E-state index contributed by atoms with van der Waals surface area (Å²) < 4.78 is 10.8. The lowest BCUT2D eigenvalue weighted by atomic mass is 10.1. The van der Waals surface area contributed by atoms with Gasteiger partial charge in [0.1, 0.15) is 11.4 Å². The van der Waals surface area contributed by atoms with Crippen LogP contribution in [-0.2, 0) is 4.74 Å². The van der Waals surface area contributed by atoms with Gasteiger partial charge in [-0.2, -0.15) is 0 Å². The number of nitrogens with two attached hydrogens (primary N) is 1. The third-order valence-electron chi connectivity index (χ3n) is 4.78. The van der Waals surface area contributed by atoms with Crippen LogP contribution >= 0.6 is 0 Å². The fourth-order valence-electron chi connectivity index (χ4n) is 3.14. The summed E-state index contributed by atoms with van der Waals surface area (Å²) in [5.74, 6) is 1.33. The van der Waals surface area contributed by atoms with E-state index in [9.17, 15) is 4.79 Å². The normalized spacial score (nSPS) is 16.7. The first-order chi connectivity index (χ1) is 13.6. The highest BCUT2D eigenvalue weighted by atomic mass is 16.6. The van der Waals surface area contributed by atoms with Crippen molar-refractivity contribution in [3.8, 4) is 5.75 Å². The van der Waals surface area contributed by atoms with Crippen molar-refractivity contribution in [2.24, 2.45) is 10.7 Å². The molecule has 0 bridgehead atoms. The molecule has 0 spiro atoms. The summed E-state index contributed by atoms with van der Waals surface area (Å²) in [6, 6.07) is 8.09. The van der Waals surface area contributed by atoms with Crippen LogP contribution in [0.25, 0.3) is 0 Å². The van der Waals surface area contributed by atoms with E-state index >= 15 is 0 Å². The van der Waals surface area contributed by atoms with E-state index < -0.39 is 5.60 Å². The third kappa shape index (κ3) is 6.81. The van der Waals surface area contributed by atoms with Gasteiger partial charge in [0.25, 0.3) is 0 Å². The van der Waals surface area contributed by atoms with Crippen LogP contribution in [0.15, 0.2) is 29.3 Å². The molecule has 1 aliphatic rings. The zero-order chi connectivity index (χ0) is 21.6. The zero-order valence-corrected chi connectivity index (χ0v) is 18.5. The molecule has 0 aromatic heterocycles. The largest absolute Gasteiger partial charge is 0.497 e. The minimum atomic E-state index is -0.490. The van der Waals surface area contributed by atoms with Crippen molar-refractivity contribution in [1.29, 1.82) is 0 Å². The Morgan fingerprint density at radius 2 is 1.83 bits per heavy atom. The number of ether oxygens (including phenoxy) is 2. The number of likely N-dealkylation sites (N-methyl/N-ethyl adjacent to an activating group) is 1. The van der Waals surface area contributed by atoms with Crippen LogP contribution in [-0.4, -0.2) is 86.3 Å². The predicted molar refractivity (Wildman–Crippen MR) is 115 cm³/mol. The number of nitrogens with zero attached hydrogens (tertiary/aromatic N) is 4. The Labute approximate surface area is 174 Å². The second-order valence-corrected chi connectivity index (χ2v) is 8.41. The molecule has 2 N–H and O–H groups in total. The van der Waals surface area contributed by atoms with Gasteiger partial charge < -0.3 is 29.9 Å². The molecule has 29 heavy (non-hydrogen) atoms. The van der Waals surface area contributed by atoms with E-state index in [0.29, 0.717) is 38.7 Å². The van der Waals surface area contributed by atoms with Gasteiger partial charge in [0.15, 0.2) is 5.96 Å². The van der Waals surface area contributed by atoms with Crippen LogP contribution in [0.1, 0.15) is 32.4 Å². The lowest BCUT2D eigenvalue weighted by molar-refractivity contribution is 0.0186. The predicted octanol–water partition coefficient (Wildman–Crippen LogP) is 2.17. The summed E-state index contributed by atoms with van der Waals surface area (Å²) >= 11 is 0. The SMILES string of the molecule is COc1cccc(C(CN=C(N)N2CCN(C(=O)OC(C)(C)C)CC2)N(C)C)c1. The standard InChI is InChI=1S/C21H35N5O3/c1-21(2,3)29-20(27)26-12-10-25(11-13-26)19(22)23-15-18(24(4)5)16-8-7-9-17(14-16)28-6/h7-9,14,18H,10-13,15H2,1-6H3,(H2,22,23). The molecular formula is C21H35N5O3. The van der Waals surface area contributed by atoms with Crippen molar-refractivity contribution in [1.82, 2.24) is 14.7 Å². The summed E-state index contributed by atoms with van der Waals surface area (Å²) in [6.45, 7) is 8.56. The quantitative estimate of drug-likeness (QED) is 0.597. The van der Waals surface area contributed by atoms with E-state index in [2.05, 4.69) is 16.0 Å². The average molecular weight is 406 g/mol. The van der Waals surface area contributed by atoms with Crippen molar-refractivity contribution in [3.63, 3.8) is 0 Å². The second kappa shape index (κ2) is 9.82. The van der Waals surface area contributed by atoms with Gasteiger partial charge in [0, 0.05) is 26.2 Å². The molecule has 1 unspecified atom stereocenters. The van der Waals surface area contributed by atoms with Crippen LogP contribution < -0.4 is 10.5 Å². The minimum Gasteiger partial charge on any atom is -0.497 e. The molecule has 1 aliphatic heterocycles. The van der Waals surface area contributed by atoms with Crippen molar-refractivity contribution >= 4 is 12.1 Å². The molecule has 2 rings (SSSR count). The molecule has 8 nitrogen and oxygen atoms in total. The number of amides is 1. The first kappa shape index (κ1) is 22.8. The molecule has 1 aromatic rings. The zero-order valence-electron chi connectivity index (χ0n) is 18.5. The third-order valence-corrected chi connectivity index (χ3v) is 4.78. The Morgan fingerprint density at radius 1 is 1.21 bits per heavy atom. The maximum Gasteiger partial charge on any atom is 0.410 e. The molecular weight excluding hydrogens is 370 g/mol. The Bertz CT molecular complexity index is 707. The summed E-state index contributed by atoms with van der Waals surface area (Å²) in [5, 5.41) is 0. The van der Waals surface area contributed by atoms with Gasteiger partial charge >= 0.3 is 6.09 Å². The number of hydrogen-bond acceptors (Lipinski definition) is 5. The van der Waals surface area contributed by atoms with Crippen molar-refractivity contribution in [3.05, 3.63) is 29.8 Å². The van der Waals surface area contributed by atoms with Crippen molar-refractivity contribution in [2.45, 2.75) is 32.4 Å². The van der Waals surface area contributed by atoms with E-state index in [-0.39, 0.29) is 12.1 Å². The average Bonchev–Trinajstić information content (AvgIpc) is 2.66.